The molecule has 10 heteroatoms. The zero-order valence-corrected chi connectivity index (χ0v) is 21.4. The van der Waals surface area contributed by atoms with Crippen LogP contribution in [0.1, 0.15) is 43.0 Å². The molecule has 0 spiro atoms. The molecule has 9 nitrogen and oxygen atoms in total. The second-order valence-electron chi connectivity index (χ2n) is 8.08. The average Bonchev–Trinajstić information content (AvgIpc) is 3.28. The number of aromatic nitrogens is 3. The van der Waals surface area contributed by atoms with Gasteiger partial charge in [-0.3, -0.25) is 9.59 Å². The van der Waals surface area contributed by atoms with Gasteiger partial charge in [0, 0.05) is 23.9 Å². The molecule has 0 aliphatic heterocycles. The van der Waals surface area contributed by atoms with Crippen LogP contribution >= 0.6 is 11.8 Å². The van der Waals surface area contributed by atoms with Crippen LogP contribution in [0.25, 0.3) is 0 Å². The van der Waals surface area contributed by atoms with E-state index in [0.717, 1.165) is 0 Å². The topological polar surface area (TPSA) is 107 Å². The maximum atomic E-state index is 12.9. The van der Waals surface area contributed by atoms with E-state index in [1.165, 1.54) is 11.8 Å². The van der Waals surface area contributed by atoms with Gasteiger partial charge in [-0.1, -0.05) is 31.7 Å². The molecule has 0 saturated carbocycles. The Morgan fingerprint density at radius 2 is 1.74 bits per heavy atom. The van der Waals surface area contributed by atoms with Crippen molar-refractivity contribution in [1.82, 2.24) is 20.1 Å². The van der Waals surface area contributed by atoms with Crippen LogP contribution in [-0.2, 0) is 11.3 Å². The fourth-order valence-corrected chi connectivity index (χ4v) is 4.27. The Bertz CT molecular complexity index is 1150. The Morgan fingerprint density at radius 1 is 1.03 bits per heavy atom. The molecule has 0 saturated heterocycles. The molecule has 1 heterocycles. The third-order valence-corrected chi connectivity index (χ3v) is 6.30. The summed E-state index contributed by atoms with van der Waals surface area (Å²) in [5.74, 6) is 1.88. The highest BCUT2D eigenvalue weighted by Gasteiger charge is 2.26. The number of benzene rings is 2. The number of amides is 2. The maximum absolute atomic E-state index is 12.9. The molecule has 1 aromatic heterocycles. The Hall–Kier alpha value is -3.53. The molecule has 0 bridgehead atoms. The van der Waals surface area contributed by atoms with Crippen molar-refractivity contribution < 1.29 is 19.1 Å². The van der Waals surface area contributed by atoms with Crippen LogP contribution in [0.2, 0.25) is 0 Å². The SMILES string of the molecule is CCn1c(SCC(=O)Nc2cccc(OC)c2)nnc1[C@H](NC(=O)c1ccc(OC)cc1)C(C)C. The van der Waals surface area contributed by atoms with Gasteiger partial charge in [-0.15, -0.1) is 10.2 Å². The largest absolute Gasteiger partial charge is 0.497 e. The molecule has 2 N–H and O–H groups in total. The summed E-state index contributed by atoms with van der Waals surface area (Å²) in [6.45, 7) is 6.61. The molecule has 0 radical (unpaired) electrons. The second kappa shape index (κ2) is 12.3. The van der Waals surface area contributed by atoms with Crippen molar-refractivity contribution in [1.29, 1.82) is 0 Å². The van der Waals surface area contributed by atoms with E-state index < -0.39 is 0 Å². The Kier molecular flexibility index (Phi) is 9.13. The minimum Gasteiger partial charge on any atom is -0.497 e. The van der Waals surface area contributed by atoms with Gasteiger partial charge >= 0.3 is 0 Å². The number of rotatable bonds is 11. The van der Waals surface area contributed by atoms with Crippen LogP contribution in [0, 0.1) is 5.92 Å². The molecule has 186 valence electrons. The predicted molar refractivity (Wildman–Crippen MR) is 136 cm³/mol. The summed E-state index contributed by atoms with van der Waals surface area (Å²) in [5.41, 5.74) is 1.19. The van der Waals surface area contributed by atoms with E-state index in [1.807, 2.05) is 37.5 Å². The molecule has 1 atom stereocenters. The minimum absolute atomic E-state index is 0.0703. The fourth-order valence-electron chi connectivity index (χ4n) is 3.46. The molecule has 2 aromatic carbocycles. The first-order valence-corrected chi connectivity index (χ1v) is 12.3. The lowest BCUT2D eigenvalue weighted by molar-refractivity contribution is -0.113. The highest BCUT2D eigenvalue weighted by molar-refractivity contribution is 7.99. The summed E-state index contributed by atoms with van der Waals surface area (Å²) in [7, 11) is 3.16. The second-order valence-corrected chi connectivity index (χ2v) is 9.02. The quantitative estimate of drug-likeness (QED) is 0.383. The number of anilines is 1. The lowest BCUT2D eigenvalue weighted by Crippen LogP contribution is -2.33. The Labute approximate surface area is 209 Å². The number of carbonyl (C=O) groups excluding carboxylic acids is 2. The van der Waals surface area contributed by atoms with E-state index in [-0.39, 0.29) is 29.5 Å². The minimum atomic E-state index is -0.350. The van der Waals surface area contributed by atoms with Crippen molar-refractivity contribution in [2.45, 2.75) is 38.5 Å². The Balaban J connectivity index is 1.69. The van der Waals surface area contributed by atoms with E-state index >= 15 is 0 Å². The predicted octanol–water partition coefficient (Wildman–Crippen LogP) is 4.17. The molecular weight excluding hydrogens is 466 g/mol. The molecule has 0 fully saturated rings. The number of thioether (sulfide) groups is 1. The van der Waals surface area contributed by atoms with E-state index in [2.05, 4.69) is 20.8 Å². The van der Waals surface area contributed by atoms with E-state index in [4.69, 9.17) is 9.47 Å². The summed E-state index contributed by atoms with van der Waals surface area (Å²) >= 11 is 1.30. The molecule has 0 aliphatic carbocycles. The van der Waals surface area contributed by atoms with Crippen LogP contribution in [-0.4, -0.2) is 46.6 Å². The van der Waals surface area contributed by atoms with Gasteiger partial charge in [-0.05, 0) is 49.2 Å². The van der Waals surface area contributed by atoms with Gasteiger partial charge in [-0.25, -0.2) is 0 Å². The van der Waals surface area contributed by atoms with E-state index in [0.29, 0.717) is 40.3 Å². The number of carbonyl (C=O) groups is 2. The number of ether oxygens (including phenoxy) is 2. The van der Waals surface area contributed by atoms with Crippen LogP contribution in [0.15, 0.2) is 53.7 Å². The molecule has 3 rings (SSSR count). The Morgan fingerprint density at radius 3 is 2.37 bits per heavy atom. The average molecular weight is 498 g/mol. The lowest BCUT2D eigenvalue weighted by atomic mass is 10.0. The monoisotopic (exact) mass is 497 g/mol. The van der Waals surface area contributed by atoms with Gasteiger partial charge in [0.15, 0.2) is 11.0 Å². The highest BCUT2D eigenvalue weighted by Crippen LogP contribution is 2.26. The van der Waals surface area contributed by atoms with Gasteiger partial charge in [0.2, 0.25) is 5.91 Å². The van der Waals surface area contributed by atoms with Gasteiger partial charge in [0.05, 0.1) is 26.0 Å². The number of methoxy groups -OCH3 is 2. The van der Waals surface area contributed by atoms with Gasteiger partial charge in [0.1, 0.15) is 11.5 Å². The van der Waals surface area contributed by atoms with Crippen LogP contribution in [0.5, 0.6) is 11.5 Å². The van der Waals surface area contributed by atoms with Crippen molar-refractivity contribution in [3.05, 3.63) is 59.9 Å². The maximum Gasteiger partial charge on any atom is 0.251 e. The first-order chi connectivity index (χ1) is 16.9. The number of hydrogen-bond acceptors (Lipinski definition) is 7. The van der Waals surface area contributed by atoms with Crippen LogP contribution in [0.3, 0.4) is 0 Å². The van der Waals surface area contributed by atoms with Crippen molar-refractivity contribution in [2.24, 2.45) is 5.92 Å². The third kappa shape index (κ3) is 6.75. The van der Waals surface area contributed by atoms with Crippen molar-refractivity contribution >= 4 is 29.3 Å². The van der Waals surface area contributed by atoms with Crippen molar-refractivity contribution in [2.75, 3.05) is 25.3 Å². The molecule has 2 amide bonds. The summed E-state index contributed by atoms with van der Waals surface area (Å²) in [6.07, 6.45) is 0. The zero-order chi connectivity index (χ0) is 25.4. The van der Waals surface area contributed by atoms with E-state index in [1.54, 1.807) is 50.6 Å². The number of hydrogen-bond donors (Lipinski definition) is 2. The first-order valence-electron chi connectivity index (χ1n) is 11.3. The highest BCUT2D eigenvalue weighted by atomic mass is 32.2. The van der Waals surface area contributed by atoms with Gasteiger partial charge < -0.3 is 24.7 Å². The smallest absolute Gasteiger partial charge is 0.251 e. The summed E-state index contributed by atoms with van der Waals surface area (Å²) in [5, 5.41) is 15.2. The van der Waals surface area contributed by atoms with Crippen molar-refractivity contribution in [3.63, 3.8) is 0 Å². The number of nitrogens with one attached hydrogen (secondary N) is 2. The van der Waals surface area contributed by atoms with E-state index in [9.17, 15) is 9.59 Å². The summed E-state index contributed by atoms with van der Waals surface area (Å²) < 4.78 is 12.3. The summed E-state index contributed by atoms with van der Waals surface area (Å²) in [4.78, 5) is 25.4. The molecular formula is C25H31N5O4S. The standard InChI is InChI=1S/C25H31N5O4S/c1-6-30-23(22(16(2)3)27-24(32)17-10-12-19(33-4)13-11-17)28-29-25(30)35-15-21(31)26-18-8-7-9-20(14-18)34-5/h7-14,16,22H,6,15H2,1-5H3,(H,26,31)(H,27,32)/t22-/m1/s1. The molecule has 35 heavy (non-hydrogen) atoms. The van der Waals surface area contributed by atoms with Gasteiger partial charge in [-0.2, -0.15) is 0 Å². The van der Waals surface area contributed by atoms with Crippen LogP contribution in [0.4, 0.5) is 5.69 Å². The number of nitrogens with zero attached hydrogens (tertiary/aromatic N) is 3. The van der Waals surface area contributed by atoms with Gasteiger partial charge in [0.25, 0.3) is 5.91 Å². The summed E-state index contributed by atoms with van der Waals surface area (Å²) in [6, 6.07) is 13.8. The first kappa shape index (κ1) is 26.1. The molecule has 3 aromatic rings. The normalized spacial score (nSPS) is 11.7. The lowest BCUT2D eigenvalue weighted by Gasteiger charge is -2.22. The fraction of sp³-hybridized carbons (Fsp3) is 0.360. The van der Waals surface area contributed by atoms with Crippen molar-refractivity contribution in [3.8, 4) is 11.5 Å². The molecule has 0 unspecified atom stereocenters. The van der Waals surface area contributed by atoms with Crippen LogP contribution < -0.4 is 20.1 Å². The zero-order valence-electron chi connectivity index (χ0n) is 20.6. The molecule has 0 aliphatic rings. The third-order valence-electron chi connectivity index (χ3n) is 5.33.